The summed E-state index contributed by atoms with van der Waals surface area (Å²) in [7, 11) is -1.47. The number of nitrogens with one attached hydrogen (secondary N) is 2. The molecule has 1 amide bonds. The molecule has 0 unspecified atom stereocenters. The van der Waals surface area contributed by atoms with Gasteiger partial charge >= 0.3 is 0 Å². The van der Waals surface area contributed by atoms with E-state index < -0.39 is 27.2 Å². The van der Waals surface area contributed by atoms with Crippen molar-refractivity contribution in [1.29, 1.82) is 0 Å². The fourth-order valence-electron chi connectivity index (χ4n) is 3.06. The van der Waals surface area contributed by atoms with Gasteiger partial charge in [0.15, 0.2) is 0 Å². The summed E-state index contributed by atoms with van der Waals surface area (Å²) >= 11 is 5.74. The number of fused-ring (bicyclic) bond motifs is 1. The molecule has 170 valence electrons. The van der Waals surface area contributed by atoms with Crippen LogP contribution in [-0.4, -0.2) is 46.6 Å². The number of amides is 1. The number of hydrogen-bond donors (Lipinski definition) is 2. The summed E-state index contributed by atoms with van der Waals surface area (Å²) in [6.45, 7) is 0.771. The molecule has 2 N–H and O–H groups in total. The number of hydrogen-bond acceptors (Lipinski definition) is 5. The predicted molar refractivity (Wildman–Crippen MR) is 120 cm³/mol. The third-order valence-corrected chi connectivity index (χ3v) is 6.82. The van der Waals surface area contributed by atoms with Crippen molar-refractivity contribution >= 4 is 44.1 Å². The topological polar surface area (TPSA) is 109 Å². The van der Waals surface area contributed by atoms with Crippen molar-refractivity contribution in [3.63, 3.8) is 0 Å². The number of H-pyrrole nitrogens is 1. The molecular weight excluding hydrogens is 461 g/mol. The quantitative estimate of drug-likeness (QED) is 0.481. The first-order chi connectivity index (χ1) is 15.2. The van der Waals surface area contributed by atoms with E-state index in [0.717, 1.165) is 16.4 Å². The van der Waals surface area contributed by atoms with E-state index in [2.05, 4.69) is 10.3 Å². The monoisotopic (exact) mass is 481 g/mol. The van der Waals surface area contributed by atoms with Crippen molar-refractivity contribution in [2.75, 3.05) is 31.6 Å². The average Bonchev–Trinajstić information content (AvgIpc) is 2.76. The summed E-state index contributed by atoms with van der Waals surface area (Å²) in [6.07, 6.45) is 1.85. The van der Waals surface area contributed by atoms with Crippen LogP contribution in [0.15, 0.2) is 52.3 Å². The number of sulfonamides is 1. The van der Waals surface area contributed by atoms with Crippen LogP contribution in [0, 0.1) is 5.82 Å². The number of pyridine rings is 1. The normalized spacial score (nSPS) is 11.5. The Morgan fingerprint density at radius 1 is 1.25 bits per heavy atom. The molecule has 3 rings (SSSR count). The van der Waals surface area contributed by atoms with E-state index in [9.17, 15) is 22.4 Å². The average molecular weight is 482 g/mol. The minimum atomic E-state index is -4.21. The smallest absolute Gasteiger partial charge is 0.264 e. The van der Waals surface area contributed by atoms with Crippen LogP contribution < -0.4 is 15.1 Å². The summed E-state index contributed by atoms with van der Waals surface area (Å²) in [5.74, 6) is -1.40. The minimum absolute atomic E-state index is 0.0144. The molecule has 11 heteroatoms. The lowest BCUT2D eigenvalue weighted by molar-refractivity contribution is 0.0947. The number of aromatic amines is 1. The highest BCUT2D eigenvalue weighted by Crippen LogP contribution is 2.27. The molecule has 0 bridgehead atoms. The molecule has 8 nitrogen and oxygen atoms in total. The van der Waals surface area contributed by atoms with E-state index in [1.54, 1.807) is 7.11 Å². The minimum Gasteiger partial charge on any atom is -0.385 e. The van der Waals surface area contributed by atoms with Gasteiger partial charge in [-0.2, -0.15) is 0 Å². The zero-order valence-corrected chi connectivity index (χ0v) is 18.9. The fraction of sp³-hybridized carbons (Fsp3) is 0.238. The Morgan fingerprint density at radius 2 is 2.00 bits per heavy atom. The molecule has 2 aromatic carbocycles. The van der Waals surface area contributed by atoms with Gasteiger partial charge in [0.1, 0.15) is 11.4 Å². The fourth-order valence-corrected chi connectivity index (χ4v) is 4.45. The van der Waals surface area contributed by atoms with Crippen LogP contribution in [0.3, 0.4) is 0 Å². The maximum Gasteiger partial charge on any atom is 0.264 e. The van der Waals surface area contributed by atoms with E-state index in [0.29, 0.717) is 25.1 Å². The highest BCUT2D eigenvalue weighted by Gasteiger charge is 2.25. The van der Waals surface area contributed by atoms with Crippen LogP contribution >= 0.6 is 11.6 Å². The molecule has 1 heterocycles. The molecule has 0 saturated heterocycles. The number of ether oxygens (including phenoxy) is 1. The Morgan fingerprint density at radius 3 is 2.69 bits per heavy atom. The molecule has 0 aliphatic heterocycles. The third kappa shape index (κ3) is 4.77. The number of rotatable bonds is 8. The number of nitrogens with zero attached hydrogens (tertiary/aromatic N) is 1. The molecule has 0 aliphatic rings. The Bertz CT molecular complexity index is 1330. The first-order valence-electron chi connectivity index (χ1n) is 9.53. The predicted octanol–water partition coefficient (Wildman–Crippen LogP) is 2.91. The molecule has 0 aliphatic carbocycles. The number of carbonyl (C=O) groups is 1. The second-order valence-electron chi connectivity index (χ2n) is 6.91. The van der Waals surface area contributed by atoms with Gasteiger partial charge in [-0.1, -0.05) is 11.6 Å². The number of anilines is 1. The van der Waals surface area contributed by atoms with Gasteiger partial charge in [-0.05, 0) is 42.8 Å². The molecule has 1 aromatic heterocycles. The van der Waals surface area contributed by atoms with Crippen LogP contribution in [0.4, 0.5) is 10.1 Å². The van der Waals surface area contributed by atoms with Gasteiger partial charge in [0, 0.05) is 49.4 Å². The largest absolute Gasteiger partial charge is 0.385 e. The van der Waals surface area contributed by atoms with Crippen LogP contribution in [0.2, 0.25) is 5.02 Å². The molecule has 0 spiro atoms. The van der Waals surface area contributed by atoms with Crippen molar-refractivity contribution in [2.45, 2.75) is 11.3 Å². The Balaban J connectivity index is 1.98. The van der Waals surface area contributed by atoms with Crippen LogP contribution in [0.1, 0.15) is 16.8 Å². The molecule has 0 atom stereocenters. The highest BCUT2D eigenvalue weighted by atomic mass is 35.5. The second kappa shape index (κ2) is 9.68. The number of methoxy groups -OCH3 is 1. The number of aromatic nitrogens is 1. The lowest BCUT2D eigenvalue weighted by atomic mass is 10.1. The molecule has 0 fully saturated rings. The zero-order chi connectivity index (χ0) is 23.5. The van der Waals surface area contributed by atoms with Crippen molar-refractivity contribution in [3.8, 4) is 0 Å². The van der Waals surface area contributed by atoms with Crippen molar-refractivity contribution in [1.82, 2.24) is 10.3 Å². The summed E-state index contributed by atoms with van der Waals surface area (Å²) in [5, 5.41) is 2.76. The van der Waals surface area contributed by atoms with Crippen molar-refractivity contribution < 1.29 is 22.3 Å². The van der Waals surface area contributed by atoms with Gasteiger partial charge < -0.3 is 15.0 Å². The SMILES string of the molecule is COCCCNC(=O)c1c[nH]c2ccc(S(=O)(=O)N(C)c3ccc(Cl)cc3F)cc2c1=O. The second-order valence-corrected chi connectivity index (χ2v) is 9.32. The maximum atomic E-state index is 14.3. The lowest BCUT2D eigenvalue weighted by Crippen LogP contribution is -2.30. The Kier molecular flexibility index (Phi) is 7.17. The number of halogens is 2. The zero-order valence-electron chi connectivity index (χ0n) is 17.3. The summed E-state index contributed by atoms with van der Waals surface area (Å²) in [6, 6.07) is 7.49. The summed E-state index contributed by atoms with van der Waals surface area (Å²) in [5.41, 5.74) is -0.625. The van der Waals surface area contributed by atoms with E-state index in [4.69, 9.17) is 16.3 Å². The number of carbonyl (C=O) groups excluding carboxylic acids is 1. The van der Waals surface area contributed by atoms with Gasteiger partial charge in [-0.25, -0.2) is 12.8 Å². The molecule has 32 heavy (non-hydrogen) atoms. The van der Waals surface area contributed by atoms with E-state index in [1.165, 1.54) is 37.5 Å². The van der Waals surface area contributed by atoms with Gasteiger partial charge in [-0.15, -0.1) is 0 Å². The van der Waals surface area contributed by atoms with Crippen molar-refractivity contribution in [3.05, 3.63) is 69.2 Å². The first-order valence-corrected chi connectivity index (χ1v) is 11.3. The first kappa shape index (κ1) is 23.7. The third-order valence-electron chi connectivity index (χ3n) is 4.82. The van der Waals surface area contributed by atoms with Gasteiger partial charge in [0.2, 0.25) is 5.43 Å². The summed E-state index contributed by atoms with van der Waals surface area (Å²) < 4.78 is 46.1. The van der Waals surface area contributed by atoms with E-state index in [1.807, 2.05) is 0 Å². The number of benzene rings is 2. The molecule has 0 radical (unpaired) electrons. The van der Waals surface area contributed by atoms with Crippen LogP contribution in [0.25, 0.3) is 10.9 Å². The Hall–Kier alpha value is -2.95. The molecule has 0 saturated carbocycles. The van der Waals surface area contributed by atoms with E-state index >= 15 is 0 Å². The molecule has 3 aromatic rings. The van der Waals surface area contributed by atoms with Crippen molar-refractivity contribution in [2.24, 2.45) is 0 Å². The Labute approximate surface area is 189 Å². The summed E-state index contributed by atoms with van der Waals surface area (Å²) in [4.78, 5) is 27.8. The van der Waals surface area contributed by atoms with Gasteiger partial charge in [-0.3, -0.25) is 13.9 Å². The van der Waals surface area contributed by atoms with E-state index in [-0.39, 0.29) is 26.6 Å². The van der Waals surface area contributed by atoms with Gasteiger partial charge in [0.05, 0.1) is 10.6 Å². The maximum absolute atomic E-state index is 14.3. The van der Waals surface area contributed by atoms with Gasteiger partial charge in [0.25, 0.3) is 15.9 Å². The molecular formula is C21H21ClFN3O5S. The lowest BCUT2D eigenvalue weighted by Gasteiger charge is -2.20. The highest BCUT2D eigenvalue weighted by molar-refractivity contribution is 7.92. The standard InChI is InChI=1S/C21H21ClFN3O5S/c1-26(19-7-4-13(22)10-17(19)23)32(29,30)14-5-6-18-15(11-14)20(27)16(12-25-18)21(28)24-8-3-9-31-2/h4-7,10-12H,3,8-9H2,1-2H3,(H,24,28)(H,25,27). The van der Waals surface area contributed by atoms with Crippen LogP contribution in [-0.2, 0) is 14.8 Å². The van der Waals surface area contributed by atoms with Crippen LogP contribution in [0.5, 0.6) is 0 Å².